The summed E-state index contributed by atoms with van der Waals surface area (Å²) in [7, 11) is 0. The lowest BCUT2D eigenvalue weighted by Crippen LogP contribution is -2.46. The average molecular weight is 806 g/mol. The Hall–Kier alpha value is -1.40. The molecule has 0 radical (unpaired) electrons. The smallest absolute Gasteiger partial charge is 0.306 e. The first kappa shape index (κ1) is 55.6. The molecule has 0 spiro atoms. The van der Waals surface area contributed by atoms with Crippen LogP contribution in [0.4, 0.5) is 0 Å². The fraction of sp³-hybridized carbons (Fsp3) is 0.922. The topological polar surface area (TPSA) is 95.9 Å². The number of hydrogen-bond donors (Lipinski definition) is 3. The van der Waals surface area contributed by atoms with Gasteiger partial charge in [0.2, 0.25) is 5.91 Å². The molecule has 3 atom stereocenters. The molecule has 0 aromatic carbocycles. The van der Waals surface area contributed by atoms with E-state index in [1.807, 2.05) is 0 Å². The summed E-state index contributed by atoms with van der Waals surface area (Å²) in [4.78, 5) is 26.1. The van der Waals surface area contributed by atoms with Crippen molar-refractivity contribution < 1.29 is 24.5 Å². The van der Waals surface area contributed by atoms with Gasteiger partial charge >= 0.3 is 5.97 Å². The van der Waals surface area contributed by atoms with Crippen molar-refractivity contribution in [1.29, 1.82) is 0 Å². The number of allylic oxidation sites excluding steroid dienone is 2. The van der Waals surface area contributed by atoms with Crippen molar-refractivity contribution in [3.63, 3.8) is 0 Å². The van der Waals surface area contributed by atoms with Gasteiger partial charge in [-0.1, -0.05) is 226 Å². The minimum absolute atomic E-state index is 0.0828. The predicted octanol–water partition coefficient (Wildman–Crippen LogP) is 15.0. The van der Waals surface area contributed by atoms with Crippen LogP contribution in [0.1, 0.15) is 278 Å². The highest BCUT2D eigenvalue weighted by atomic mass is 16.5. The van der Waals surface area contributed by atoms with Gasteiger partial charge in [0.05, 0.1) is 25.2 Å². The Labute approximate surface area is 355 Å². The number of ether oxygens (including phenoxy) is 1. The quantitative estimate of drug-likeness (QED) is 0.0323. The van der Waals surface area contributed by atoms with E-state index in [1.165, 1.54) is 186 Å². The lowest BCUT2D eigenvalue weighted by molar-refractivity contribution is -0.151. The van der Waals surface area contributed by atoms with E-state index in [1.54, 1.807) is 0 Å². The maximum absolute atomic E-state index is 13.2. The molecule has 6 nitrogen and oxygen atoms in total. The SMILES string of the molecule is CCCCCC/C=C\CCCCCCCCCC(=O)OC(CCCCCCCCCCCCCCCC)CC(=O)NC(CO)C(O)CCCCCCCCCCC. The molecule has 0 rings (SSSR count). The Bertz CT molecular complexity index is 863. The van der Waals surface area contributed by atoms with E-state index in [4.69, 9.17) is 4.74 Å². The Morgan fingerprint density at radius 2 is 0.842 bits per heavy atom. The van der Waals surface area contributed by atoms with Gasteiger partial charge in [-0.15, -0.1) is 0 Å². The van der Waals surface area contributed by atoms with E-state index < -0.39 is 18.2 Å². The molecule has 0 aliphatic rings. The van der Waals surface area contributed by atoms with Crippen molar-refractivity contribution >= 4 is 11.9 Å². The molecular weight excluding hydrogens is 707 g/mol. The van der Waals surface area contributed by atoms with Crippen LogP contribution in [0.3, 0.4) is 0 Å². The van der Waals surface area contributed by atoms with Gasteiger partial charge in [0, 0.05) is 6.42 Å². The summed E-state index contributed by atoms with van der Waals surface area (Å²) in [5.41, 5.74) is 0. The zero-order chi connectivity index (χ0) is 41.7. The largest absolute Gasteiger partial charge is 0.462 e. The maximum atomic E-state index is 13.2. The van der Waals surface area contributed by atoms with Gasteiger partial charge in [0.15, 0.2) is 0 Å². The lowest BCUT2D eigenvalue weighted by atomic mass is 10.0. The van der Waals surface area contributed by atoms with Crippen molar-refractivity contribution in [1.82, 2.24) is 5.32 Å². The highest BCUT2D eigenvalue weighted by Crippen LogP contribution is 2.18. The Morgan fingerprint density at radius 1 is 0.491 bits per heavy atom. The summed E-state index contributed by atoms with van der Waals surface area (Å²) >= 11 is 0. The normalized spacial score (nSPS) is 13.3. The number of hydrogen-bond acceptors (Lipinski definition) is 5. The van der Waals surface area contributed by atoms with Gasteiger partial charge in [-0.05, 0) is 51.4 Å². The summed E-state index contributed by atoms with van der Waals surface area (Å²) in [6, 6.07) is -0.694. The van der Waals surface area contributed by atoms with Crippen LogP contribution >= 0.6 is 0 Å². The molecular formula is C51H99NO5. The van der Waals surface area contributed by atoms with Gasteiger partial charge in [0.1, 0.15) is 6.10 Å². The molecule has 1 amide bonds. The van der Waals surface area contributed by atoms with E-state index in [9.17, 15) is 19.8 Å². The van der Waals surface area contributed by atoms with Gasteiger partial charge < -0.3 is 20.3 Å². The number of aliphatic hydroxyl groups excluding tert-OH is 2. The van der Waals surface area contributed by atoms with E-state index in [0.717, 1.165) is 44.9 Å². The fourth-order valence-electron chi connectivity index (χ4n) is 7.96. The minimum Gasteiger partial charge on any atom is -0.462 e. The molecule has 0 aromatic rings. The summed E-state index contributed by atoms with van der Waals surface area (Å²) in [5, 5.41) is 23.7. The molecule has 338 valence electrons. The molecule has 57 heavy (non-hydrogen) atoms. The second kappa shape index (κ2) is 45.7. The van der Waals surface area contributed by atoms with Crippen LogP contribution in [0.25, 0.3) is 0 Å². The molecule has 0 fully saturated rings. The molecule has 0 saturated heterocycles. The second-order valence-corrected chi connectivity index (χ2v) is 17.6. The van der Waals surface area contributed by atoms with Crippen molar-refractivity contribution in [2.75, 3.05) is 6.61 Å². The molecule has 3 N–H and O–H groups in total. The number of carbonyl (C=O) groups excluding carboxylic acids is 2. The van der Waals surface area contributed by atoms with Crippen molar-refractivity contribution in [2.24, 2.45) is 0 Å². The molecule has 0 aliphatic carbocycles. The third-order valence-electron chi connectivity index (χ3n) is 11.8. The third kappa shape index (κ3) is 41.1. The summed E-state index contributed by atoms with van der Waals surface area (Å²) in [6.07, 6.45) is 49.8. The van der Waals surface area contributed by atoms with Crippen LogP contribution in [0.15, 0.2) is 12.2 Å². The summed E-state index contributed by atoms with van der Waals surface area (Å²) < 4.78 is 5.93. The van der Waals surface area contributed by atoms with E-state index in [2.05, 4.69) is 38.2 Å². The summed E-state index contributed by atoms with van der Waals surface area (Å²) in [5.74, 6) is -0.463. The zero-order valence-corrected chi connectivity index (χ0v) is 38.5. The number of carbonyl (C=O) groups is 2. The molecule has 0 saturated carbocycles. The number of nitrogens with one attached hydrogen (secondary N) is 1. The Morgan fingerprint density at radius 3 is 1.26 bits per heavy atom. The number of aliphatic hydroxyl groups is 2. The summed E-state index contributed by atoms with van der Waals surface area (Å²) in [6.45, 7) is 6.47. The number of rotatable bonds is 46. The predicted molar refractivity (Wildman–Crippen MR) is 246 cm³/mol. The fourth-order valence-corrected chi connectivity index (χ4v) is 7.96. The highest BCUT2D eigenvalue weighted by molar-refractivity contribution is 5.77. The zero-order valence-electron chi connectivity index (χ0n) is 38.5. The van der Waals surface area contributed by atoms with E-state index in [-0.39, 0.29) is 24.9 Å². The van der Waals surface area contributed by atoms with Gasteiger partial charge in [-0.3, -0.25) is 9.59 Å². The van der Waals surface area contributed by atoms with Crippen molar-refractivity contribution in [3.8, 4) is 0 Å². The third-order valence-corrected chi connectivity index (χ3v) is 11.8. The van der Waals surface area contributed by atoms with Crippen LogP contribution in [0.5, 0.6) is 0 Å². The molecule has 0 aromatic heterocycles. The van der Waals surface area contributed by atoms with Crippen LogP contribution in [-0.2, 0) is 14.3 Å². The van der Waals surface area contributed by atoms with Crippen molar-refractivity contribution in [2.45, 2.75) is 296 Å². The Balaban J connectivity index is 4.53. The van der Waals surface area contributed by atoms with Crippen LogP contribution in [-0.4, -0.2) is 46.9 Å². The Kier molecular flexibility index (Phi) is 44.6. The highest BCUT2D eigenvalue weighted by Gasteiger charge is 2.24. The number of amides is 1. The number of esters is 1. The lowest BCUT2D eigenvalue weighted by Gasteiger charge is -2.24. The molecule has 0 bridgehead atoms. The molecule has 0 heterocycles. The molecule has 0 aliphatic heterocycles. The first-order valence-corrected chi connectivity index (χ1v) is 25.4. The van der Waals surface area contributed by atoms with Crippen molar-refractivity contribution in [3.05, 3.63) is 12.2 Å². The molecule has 6 heteroatoms. The first-order valence-electron chi connectivity index (χ1n) is 25.4. The first-order chi connectivity index (χ1) is 28.0. The van der Waals surface area contributed by atoms with Crippen LogP contribution < -0.4 is 5.32 Å². The monoisotopic (exact) mass is 806 g/mol. The van der Waals surface area contributed by atoms with E-state index >= 15 is 0 Å². The molecule has 3 unspecified atom stereocenters. The van der Waals surface area contributed by atoms with Gasteiger partial charge in [-0.2, -0.15) is 0 Å². The van der Waals surface area contributed by atoms with Crippen LogP contribution in [0.2, 0.25) is 0 Å². The van der Waals surface area contributed by atoms with Gasteiger partial charge in [-0.25, -0.2) is 0 Å². The van der Waals surface area contributed by atoms with E-state index in [0.29, 0.717) is 19.3 Å². The second-order valence-electron chi connectivity index (χ2n) is 17.6. The maximum Gasteiger partial charge on any atom is 0.306 e. The van der Waals surface area contributed by atoms with Crippen LogP contribution in [0, 0.1) is 0 Å². The minimum atomic E-state index is -0.780. The van der Waals surface area contributed by atoms with Gasteiger partial charge in [0.25, 0.3) is 0 Å². The standard InChI is InChI=1S/C51H99NO5/c1-4-7-10-13-16-19-21-23-25-27-29-32-35-38-41-44-51(56)57-47(42-39-36-33-31-28-26-24-22-20-17-14-11-8-5-2)45-50(55)52-48(46-53)49(54)43-40-37-34-30-18-15-12-9-6-3/h19,21,47-49,53-54H,4-18,20,22-46H2,1-3H3,(H,52,55)/b21-19-. The average Bonchev–Trinajstić information content (AvgIpc) is 3.20. The number of unbranched alkanes of at least 4 members (excludes halogenated alkanes) is 32.